The normalized spacial score (nSPS) is 11.6. The summed E-state index contributed by atoms with van der Waals surface area (Å²) in [6.45, 7) is 5.50. The number of guanidine groups is 1. The number of thiazole rings is 1. The van der Waals surface area contributed by atoms with E-state index in [4.69, 9.17) is 15.2 Å². The first-order valence-electron chi connectivity index (χ1n) is 8.22. The van der Waals surface area contributed by atoms with Crippen LogP contribution in [0.4, 0.5) is 0 Å². The first-order valence-corrected chi connectivity index (χ1v) is 9.10. The summed E-state index contributed by atoms with van der Waals surface area (Å²) in [6.07, 6.45) is 0.829. The highest BCUT2D eigenvalue weighted by Gasteiger charge is 2.06. The Labute approximate surface area is 153 Å². The molecule has 136 valence electrons. The Morgan fingerprint density at radius 1 is 1.28 bits per heavy atom. The van der Waals surface area contributed by atoms with Gasteiger partial charge in [-0.15, -0.1) is 11.3 Å². The van der Waals surface area contributed by atoms with Crippen LogP contribution < -0.4 is 20.5 Å². The largest absolute Gasteiger partial charge is 0.493 e. The Hall–Kier alpha value is -2.28. The van der Waals surface area contributed by atoms with Gasteiger partial charge in [0.05, 0.1) is 31.5 Å². The lowest BCUT2D eigenvalue weighted by Gasteiger charge is -2.09. The monoisotopic (exact) mass is 362 g/mol. The number of nitrogens with zero attached hydrogens (tertiary/aromatic N) is 2. The molecular formula is C18H26N4O2S. The fourth-order valence-corrected chi connectivity index (χ4v) is 3.10. The lowest BCUT2D eigenvalue weighted by molar-refractivity contribution is 0.354. The van der Waals surface area contributed by atoms with Crippen LogP contribution in [0.25, 0.3) is 0 Å². The predicted octanol–water partition coefficient (Wildman–Crippen LogP) is 2.93. The molecule has 3 N–H and O–H groups in total. The number of benzene rings is 1. The smallest absolute Gasteiger partial charge is 0.188 e. The number of methoxy groups -OCH3 is 2. The molecule has 25 heavy (non-hydrogen) atoms. The summed E-state index contributed by atoms with van der Waals surface area (Å²) in [5, 5.41) is 6.40. The molecule has 1 aromatic heterocycles. The summed E-state index contributed by atoms with van der Waals surface area (Å²) < 4.78 is 10.5. The minimum Gasteiger partial charge on any atom is -0.493 e. The van der Waals surface area contributed by atoms with Gasteiger partial charge in [-0.2, -0.15) is 0 Å². The molecule has 0 bridgehead atoms. The van der Waals surface area contributed by atoms with Crippen LogP contribution in [0.2, 0.25) is 0 Å². The minimum atomic E-state index is 0.425. The van der Waals surface area contributed by atoms with E-state index in [9.17, 15) is 0 Å². The molecule has 0 radical (unpaired) electrons. The standard InChI is InChI=1S/C18H26N4O2S/c1-12(2)17-22-14(11-25-17)7-8-20-18(19)21-10-13-5-6-15(23-3)16(9-13)24-4/h5-6,9,11-12H,7-8,10H2,1-4H3,(H3,19,20,21). The zero-order valence-corrected chi connectivity index (χ0v) is 16.0. The van der Waals surface area contributed by atoms with E-state index in [-0.39, 0.29) is 0 Å². The van der Waals surface area contributed by atoms with Crippen molar-refractivity contribution in [2.45, 2.75) is 32.7 Å². The number of nitrogens with one attached hydrogen (secondary N) is 1. The minimum absolute atomic E-state index is 0.425. The molecule has 2 aromatic rings. The second-order valence-corrected chi connectivity index (χ2v) is 6.79. The van der Waals surface area contributed by atoms with Crippen LogP contribution in [-0.2, 0) is 13.0 Å². The van der Waals surface area contributed by atoms with Crippen LogP contribution in [0.3, 0.4) is 0 Å². The average molecular weight is 362 g/mol. The fourth-order valence-electron chi connectivity index (χ4n) is 2.23. The Kier molecular flexibility index (Phi) is 7.06. The molecule has 0 aliphatic carbocycles. The van der Waals surface area contributed by atoms with Crippen molar-refractivity contribution < 1.29 is 9.47 Å². The maximum atomic E-state index is 5.93. The van der Waals surface area contributed by atoms with Crippen molar-refractivity contribution in [3.05, 3.63) is 39.8 Å². The zero-order chi connectivity index (χ0) is 18.2. The van der Waals surface area contributed by atoms with E-state index in [0.29, 0.717) is 36.5 Å². The molecule has 1 heterocycles. The van der Waals surface area contributed by atoms with E-state index >= 15 is 0 Å². The van der Waals surface area contributed by atoms with E-state index in [1.807, 2.05) is 18.2 Å². The molecule has 7 heteroatoms. The van der Waals surface area contributed by atoms with Crippen molar-refractivity contribution >= 4 is 17.3 Å². The third-order valence-electron chi connectivity index (χ3n) is 3.63. The van der Waals surface area contributed by atoms with Crippen molar-refractivity contribution in [3.63, 3.8) is 0 Å². The molecule has 0 saturated heterocycles. The SMILES string of the molecule is COc1ccc(CN=C(N)NCCc2csc(C(C)C)n2)cc1OC. The first-order chi connectivity index (χ1) is 12.0. The number of aromatic nitrogens is 1. The molecule has 0 spiro atoms. The van der Waals surface area contributed by atoms with Gasteiger partial charge in [-0.1, -0.05) is 19.9 Å². The molecule has 0 aliphatic rings. The first kappa shape index (κ1) is 19.1. The van der Waals surface area contributed by atoms with E-state index in [2.05, 4.69) is 34.5 Å². The third kappa shape index (κ3) is 5.63. The Morgan fingerprint density at radius 2 is 2.04 bits per heavy atom. The van der Waals surface area contributed by atoms with Gasteiger partial charge in [0.15, 0.2) is 17.5 Å². The lowest BCUT2D eigenvalue weighted by atomic mass is 10.2. The molecule has 0 aliphatic heterocycles. The van der Waals surface area contributed by atoms with Crippen molar-refractivity contribution in [2.24, 2.45) is 10.7 Å². The Bertz CT molecular complexity index is 713. The highest BCUT2D eigenvalue weighted by Crippen LogP contribution is 2.27. The maximum absolute atomic E-state index is 5.93. The number of aliphatic imine (C=N–C) groups is 1. The van der Waals surface area contributed by atoms with Crippen molar-refractivity contribution in [2.75, 3.05) is 20.8 Å². The number of rotatable bonds is 8. The van der Waals surface area contributed by atoms with Crippen LogP contribution in [0.15, 0.2) is 28.6 Å². The zero-order valence-electron chi connectivity index (χ0n) is 15.2. The summed E-state index contributed by atoms with van der Waals surface area (Å²) >= 11 is 1.71. The van der Waals surface area contributed by atoms with Gasteiger partial charge in [-0.05, 0) is 17.7 Å². The van der Waals surface area contributed by atoms with Crippen LogP contribution in [-0.4, -0.2) is 31.7 Å². The Morgan fingerprint density at radius 3 is 2.68 bits per heavy atom. The Balaban J connectivity index is 1.83. The van der Waals surface area contributed by atoms with Gasteiger partial charge in [0.2, 0.25) is 0 Å². The fraction of sp³-hybridized carbons (Fsp3) is 0.444. The van der Waals surface area contributed by atoms with Crippen molar-refractivity contribution in [3.8, 4) is 11.5 Å². The predicted molar refractivity (Wildman–Crippen MR) is 103 cm³/mol. The maximum Gasteiger partial charge on any atom is 0.188 e. The molecular weight excluding hydrogens is 336 g/mol. The van der Waals surface area contributed by atoms with Crippen LogP contribution >= 0.6 is 11.3 Å². The van der Waals surface area contributed by atoms with Crippen LogP contribution in [0, 0.1) is 0 Å². The number of hydrogen-bond donors (Lipinski definition) is 2. The summed E-state index contributed by atoms with van der Waals surface area (Å²) in [4.78, 5) is 8.97. The molecule has 0 saturated carbocycles. The number of nitrogens with two attached hydrogens (primary N) is 1. The number of ether oxygens (including phenoxy) is 2. The molecule has 0 amide bonds. The molecule has 0 fully saturated rings. The topological polar surface area (TPSA) is 81.8 Å². The second-order valence-electron chi connectivity index (χ2n) is 5.90. The van der Waals surface area contributed by atoms with Gasteiger partial charge in [0.25, 0.3) is 0 Å². The lowest BCUT2D eigenvalue weighted by Crippen LogP contribution is -2.33. The molecule has 0 unspecified atom stereocenters. The van der Waals surface area contributed by atoms with Gasteiger partial charge in [-0.3, -0.25) is 0 Å². The third-order valence-corrected chi connectivity index (χ3v) is 4.82. The highest BCUT2D eigenvalue weighted by atomic mass is 32.1. The average Bonchev–Trinajstić information content (AvgIpc) is 3.09. The van der Waals surface area contributed by atoms with E-state index in [1.54, 1.807) is 25.6 Å². The molecule has 1 aromatic carbocycles. The number of hydrogen-bond acceptors (Lipinski definition) is 5. The van der Waals surface area contributed by atoms with E-state index in [0.717, 1.165) is 17.7 Å². The van der Waals surface area contributed by atoms with Gasteiger partial charge in [-0.25, -0.2) is 9.98 Å². The molecule has 0 atom stereocenters. The quantitative estimate of drug-likeness (QED) is 0.557. The second kappa shape index (κ2) is 9.27. The summed E-state index contributed by atoms with van der Waals surface area (Å²) in [6, 6.07) is 5.71. The van der Waals surface area contributed by atoms with Gasteiger partial charge in [0.1, 0.15) is 0 Å². The van der Waals surface area contributed by atoms with Crippen molar-refractivity contribution in [1.29, 1.82) is 0 Å². The highest BCUT2D eigenvalue weighted by molar-refractivity contribution is 7.09. The summed E-state index contributed by atoms with van der Waals surface area (Å²) in [5.41, 5.74) is 8.03. The summed E-state index contributed by atoms with van der Waals surface area (Å²) in [7, 11) is 3.23. The van der Waals surface area contributed by atoms with Gasteiger partial charge in [0, 0.05) is 24.3 Å². The summed E-state index contributed by atoms with van der Waals surface area (Å²) in [5.74, 6) is 2.28. The molecule has 6 nitrogen and oxygen atoms in total. The van der Waals surface area contributed by atoms with E-state index < -0.39 is 0 Å². The van der Waals surface area contributed by atoms with Crippen LogP contribution in [0.1, 0.15) is 36.0 Å². The molecule has 2 rings (SSSR count). The van der Waals surface area contributed by atoms with Gasteiger partial charge >= 0.3 is 0 Å². The van der Waals surface area contributed by atoms with Gasteiger partial charge < -0.3 is 20.5 Å². The van der Waals surface area contributed by atoms with Crippen molar-refractivity contribution in [1.82, 2.24) is 10.3 Å². The van der Waals surface area contributed by atoms with Crippen LogP contribution in [0.5, 0.6) is 11.5 Å². The van der Waals surface area contributed by atoms with E-state index in [1.165, 1.54) is 5.01 Å².